The van der Waals surface area contributed by atoms with Crippen molar-refractivity contribution in [3.63, 3.8) is 0 Å². The summed E-state index contributed by atoms with van der Waals surface area (Å²) in [6.07, 6.45) is 1.17. The molecular weight excluding hydrogens is 315 g/mol. The third kappa shape index (κ3) is 4.33. The largest absolute Gasteiger partial charge is 0.392 e. The van der Waals surface area contributed by atoms with E-state index in [9.17, 15) is 9.67 Å². The van der Waals surface area contributed by atoms with Crippen LogP contribution in [0.5, 0.6) is 0 Å². The van der Waals surface area contributed by atoms with E-state index in [1.807, 2.05) is 47.6 Å². The van der Waals surface area contributed by atoms with Gasteiger partial charge in [0.1, 0.15) is 4.78 Å². The third-order valence-electron chi connectivity index (χ3n) is 3.84. The first kappa shape index (κ1) is 22.1. The van der Waals surface area contributed by atoms with Crippen molar-refractivity contribution in [3.05, 3.63) is 11.6 Å². The lowest BCUT2D eigenvalue weighted by Gasteiger charge is -2.49. The molecular formula is C16H35O4PSi. The second-order valence-electron chi connectivity index (χ2n) is 7.32. The molecule has 2 atom stereocenters. The van der Waals surface area contributed by atoms with Crippen molar-refractivity contribution < 1.29 is 18.7 Å². The highest BCUT2D eigenvalue weighted by Crippen LogP contribution is 2.66. The molecule has 0 bridgehead atoms. The molecule has 0 saturated heterocycles. The fraction of sp³-hybridized carbons (Fsp3) is 0.875. The highest BCUT2D eigenvalue weighted by atomic mass is 31.2. The van der Waals surface area contributed by atoms with E-state index in [1.54, 1.807) is 0 Å². The first-order chi connectivity index (χ1) is 9.89. The lowest BCUT2D eigenvalue weighted by Crippen LogP contribution is -2.60. The second-order valence-corrected chi connectivity index (χ2v) is 15.3. The van der Waals surface area contributed by atoms with Crippen LogP contribution < -0.4 is 0 Å². The Morgan fingerprint density at radius 3 is 1.82 bits per heavy atom. The molecule has 0 aliphatic rings. The van der Waals surface area contributed by atoms with E-state index in [4.69, 9.17) is 9.05 Å². The standard InChI is InChI=1S/C16H35O4PSi/c1-10-19-21(18,20-11-2)16(12-13(3)4,22(7,8)9)15(17)14(5)6/h12,14-15,17H,10-11H2,1-9H3. The van der Waals surface area contributed by atoms with Crippen molar-refractivity contribution in [2.24, 2.45) is 5.92 Å². The Labute approximate surface area is 137 Å². The number of hydrogen-bond donors (Lipinski definition) is 1. The highest BCUT2D eigenvalue weighted by molar-refractivity contribution is 7.59. The zero-order valence-electron chi connectivity index (χ0n) is 15.8. The zero-order chi connectivity index (χ0) is 17.8. The summed E-state index contributed by atoms with van der Waals surface area (Å²) in [5.74, 6) is -0.0448. The van der Waals surface area contributed by atoms with Crippen LogP contribution >= 0.6 is 7.60 Å². The van der Waals surface area contributed by atoms with Crippen LogP contribution in [0.1, 0.15) is 41.5 Å². The Hall–Kier alpha value is 0.0669. The number of hydrogen-bond acceptors (Lipinski definition) is 4. The van der Waals surface area contributed by atoms with Gasteiger partial charge in [-0.25, -0.2) is 0 Å². The van der Waals surface area contributed by atoms with Gasteiger partial charge in [0, 0.05) is 0 Å². The molecule has 0 radical (unpaired) electrons. The normalized spacial score (nSPS) is 17.2. The quantitative estimate of drug-likeness (QED) is 0.367. The van der Waals surface area contributed by atoms with Crippen LogP contribution in [-0.4, -0.2) is 37.3 Å². The maximum absolute atomic E-state index is 13.7. The van der Waals surface area contributed by atoms with Crippen LogP contribution in [-0.2, 0) is 13.6 Å². The lowest BCUT2D eigenvalue weighted by molar-refractivity contribution is 0.0967. The smallest absolute Gasteiger partial charge is 0.340 e. The molecule has 132 valence electrons. The van der Waals surface area contributed by atoms with Crippen LogP contribution in [0.3, 0.4) is 0 Å². The molecule has 0 spiro atoms. The fourth-order valence-corrected chi connectivity index (χ4v) is 10.8. The van der Waals surface area contributed by atoms with Crippen LogP contribution in [0.25, 0.3) is 0 Å². The Morgan fingerprint density at radius 1 is 1.18 bits per heavy atom. The molecule has 2 unspecified atom stereocenters. The van der Waals surface area contributed by atoms with Crippen molar-refractivity contribution in [2.75, 3.05) is 13.2 Å². The summed E-state index contributed by atoms with van der Waals surface area (Å²) in [6, 6.07) is 0. The van der Waals surface area contributed by atoms with Gasteiger partial charge < -0.3 is 14.2 Å². The van der Waals surface area contributed by atoms with Gasteiger partial charge in [-0.2, -0.15) is 0 Å². The van der Waals surface area contributed by atoms with Gasteiger partial charge in [-0.15, -0.1) is 0 Å². The Balaban J connectivity index is 6.62. The summed E-state index contributed by atoms with van der Waals surface area (Å²) in [5.41, 5.74) is 1.02. The average molecular weight is 351 g/mol. The second kappa shape index (κ2) is 8.25. The highest BCUT2D eigenvalue weighted by Gasteiger charge is 2.62. The molecule has 0 aromatic rings. The first-order valence-corrected chi connectivity index (χ1v) is 13.2. The van der Waals surface area contributed by atoms with E-state index in [-0.39, 0.29) is 5.92 Å². The van der Waals surface area contributed by atoms with E-state index in [0.717, 1.165) is 5.57 Å². The van der Waals surface area contributed by atoms with Gasteiger partial charge >= 0.3 is 7.60 Å². The molecule has 0 heterocycles. The van der Waals surface area contributed by atoms with Gasteiger partial charge in [0.25, 0.3) is 0 Å². The van der Waals surface area contributed by atoms with Crippen molar-refractivity contribution in [3.8, 4) is 0 Å². The van der Waals surface area contributed by atoms with Gasteiger partial charge in [0.15, 0.2) is 0 Å². The van der Waals surface area contributed by atoms with Gasteiger partial charge in [-0.05, 0) is 33.6 Å². The average Bonchev–Trinajstić information content (AvgIpc) is 2.33. The summed E-state index contributed by atoms with van der Waals surface area (Å²) < 4.78 is 24.2. The van der Waals surface area contributed by atoms with Gasteiger partial charge in [0.2, 0.25) is 0 Å². The molecule has 0 fully saturated rings. The van der Waals surface area contributed by atoms with Crippen molar-refractivity contribution >= 4 is 15.7 Å². The summed E-state index contributed by atoms with van der Waals surface area (Å²) in [6.45, 7) is 18.4. The number of aliphatic hydroxyl groups excluding tert-OH is 1. The zero-order valence-corrected chi connectivity index (χ0v) is 17.7. The molecule has 0 saturated carbocycles. The molecule has 4 nitrogen and oxygen atoms in total. The third-order valence-corrected chi connectivity index (χ3v) is 12.0. The summed E-state index contributed by atoms with van der Waals surface area (Å²) >= 11 is 0. The molecule has 0 aliphatic carbocycles. The first-order valence-electron chi connectivity index (χ1n) is 8.13. The summed E-state index contributed by atoms with van der Waals surface area (Å²) in [7, 11) is -5.69. The maximum Gasteiger partial charge on any atom is 0.340 e. The molecule has 6 heteroatoms. The minimum absolute atomic E-state index is 0.0448. The van der Waals surface area contributed by atoms with Crippen LogP contribution in [0.4, 0.5) is 0 Å². The molecule has 1 N–H and O–H groups in total. The molecule has 0 aromatic heterocycles. The van der Waals surface area contributed by atoms with Crippen molar-refractivity contribution in [1.29, 1.82) is 0 Å². The Kier molecular flexibility index (Phi) is 8.27. The fourth-order valence-electron chi connectivity index (χ4n) is 2.94. The molecule has 0 amide bonds. The SMILES string of the molecule is CCOP(=O)(OCC)C(C=C(C)C)(C(O)C(C)C)[Si](C)(C)C. The van der Waals surface area contributed by atoms with E-state index >= 15 is 0 Å². The molecule has 0 rings (SSSR count). The Bertz CT molecular complexity index is 414. The van der Waals surface area contributed by atoms with E-state index < -0.39 is 26.6 Å². The van der Waals surface area contributed by atoms with E-state index in [0.29, 0.717) is 13.2 Å². The minimum Gasteiger partial charge on any atom is -0.392 e. The summed E-state index contributed by atoms with van der Waals surface area (Å²) in [4.78, 5) is 0. The molecule has 22 heavy (non-hydrogen) atoms. The van der Waals surface area contributed by atoms with Crippen molar-refractivity contribution in [2.45, 2.75) is 72.1 Å². The van der Waals surface area contributed by atoms with E-state index in [2.05, 4.69) is 19.6 Å². The minimum atomic E-state index is -3.51. The number of allylic oxidation sites excluding steroid dienone is 1. The number of aliphatic hydroxyl groups is 1. The Morgan fingerprint density at radius 2 is 1.59 bits per heavy atom. The maximum atomic E-state index is 13.7. The van der Waals surface area contributed by atoms with Crippen LogP contribution in [0.2, 0.25) is 19.6 Å². The predicted molar refractivity (Wildman–Crippen MR) is 97.2 cm³/mol. The van der Waals surface area contributed by atoms with Gasteiger partial charge in [0.05, 0.1) is 27.4 Å². The van der Waals surface area contributed by atoms with Crippen molar-refractivity contribution in [1.82, 2.24) is 0 Å². The molecule has 0 aromatic carbocycles. The van der Waals surface area contributed by atoms with E-state index in [1.165, 1.54) is 0 Å². The summed E-state index contributed by atoms with van der Waals surface area (Å²) in [5, 5.41) is 11.1. The van der Waals surface area contributed by atoms with Gasteiger partial charge in [-0.3, -0.25) is 4.57 Å². The molecule has 0 aliphatic heterocycles. The van der Waals surface area contributed by atoms with Crippen LogP contribution in [0.15, 0.2) is 11.6 Å². The number of rotatable bonds is 9. The predicted octanol–water partition coefficient (Wildman–Crippen LogP) is 4.85. The monoisotopic (exact) mass is 350 g/mol. The lowest BCUT2D eigenvalue weighted by atomic mass is 10.0. The van der Waals surface area contributed by atoms with Gasteiger partial charge in [-0.1, -0.05) is 45.1 Å². The van der Waals surface area contributed by atoms with Crippen LogP contribution in [0, 0.1) is 5.92 Å². The topological polar surface area (TPSA) is 55.8 Å².